The summed E-state index contributed by atoms with van der Waals surface area (Å²) in [6.07, 6.45) is 6.87. The van der Waals surface area contributed by atoms with Gasteiger partial charge >= 0.3 is 0 Å². The van der Waals surface area contributed by atoms with Crippen molar-refractivity contribution < 1.29 is 9.59 Å². The molecule has 2 aromatic heterocycles. The van der Waals surface area contributed by atoms with Gasteiger partial charge in [0.05, 0.1) is 11.9 Å². The molecular weight excluding hydrogens is 416 g/mol. The smallest absolute Gasteiger partial charge is 0.274 e. The van der Waals surface area contributed by atoms with Gasteiger partial charge in [-0.25, -0.2) is 9.97 Å². The molecule has 3 heterocycles. The van der Waals surface area contributed by atoms with Gasteiger partial charge in [-0.15, -0.1) is 0 Å². The van der Waals surface area contributed by atoms with Gasteiger partial charge in [0.2, 0.25) is 5.91 Å². The van der Waals surface area contributed by atoms with Gasteiger partial charge < -0.3 is 15.1 Å². The van der Waals surface area contributed by atoms with Crippen LogP contribution in [0.3, 0.4) is 0 Å². The average molecular weight is 445 g/mol. The van der Waals surface area contributed by atoms with Crippen molar-refractivity contribution in [1.82, 2.24) is 19.4 Å². The Balaban J connectivity index is 1.20. The predicted octanol–water partition coefficient (Wildman–Crippen LogP) is 3.20. The normalized spacial score (nSPS) is 16.1. The number of pyridine rings is 1. The number of piperazine rings is 1. The van der Waals surface area contributed by atoms with E-state index in [0.717, 1.165) is 25.9 Å². The molecule has 5 rings (SSSR count). The highest BCUT2D eigenvalue weighted by atomic mass is 16.2. The van der Waals surface area contributed by atoms with Crippen LogP contribution in [0.25, 0.3) is 5.82 Å². The number of amides is 2. The second-order valence-electron chi connectivity index (χ2n) is 8.90. The molecule has 0 radical (unpaired) electrons. The number of carbonyl (C=O) groups excluding carboxylic acids is 2. The first-order valence-corrected chi connectivity index (χ1v) is 11.4. The first-order valence-electron chi connectivity index (χ1n) is 11.4. The van der Waals surface area contributed by atoms with E-state index in [9.17, 15) is 9.59 Å². The standard InChI is InChI=1S/C25H28N6O2/c1-17-3-7-22(18(2)13-17)29-9-11-30(12-10-29)25(33)21-15-31(16-27-21)23-8-6-20(14-26-23)28-24(32)19-4-5-19/h3,6-8,13-16,19H,4-5,9-12H2,1-2H3,(H,28,32). The van der Waals surface area contributed by atoms with E-state index in [1.54, 1.807) is 29.4 Å². The molecule has 33 heavy (non-hydrogen) atoms. The Kier molecular flexibility index (Phi) is 5.58. The molecule has 8 heteroatoms. The summed E-state index contributed by atoms with van der Waals surface area (Å²) < 4.78 is 1.73. The van der Waals surface area contributed by atoms with Crippen molar-refractivity contribution in [1.29, 1.82) is 0 Å². The zero-order valence-corrected chi connectivity index (χ0v) is 19.0. The van der Waals surface area contributed by atoms with Gasteiger partial charge in [0.15, 0.2) is 0 Å². The van der Waals surface area contributed by atoms with Gasteiger partial charge in [-0.05, 0) is 50.5 Å². The van der Waals surface area contributed by atoms with Crippen LogP contribution in [0.2, 0.25) is 0 Å². The van der Waals surface area contributed by atoms with E-state index in [0.29, 0.717) is 30.3 Å². The summed E-state index contributed by atoms with van der Waals surface area (Å²) >= 11 is 0. The number of hydrogen-bond acceptors (Lipinski definition) is 5. The fourth-order valence-electron chi connectivity index (χ4n) is 4.23. The van der Waals surface area contributed by atoms with E-state index in [4.69, 9.17) is 0 Å². The van der Waals surface area contributed by atoms with Crippen molar-refractivity contribution in [2.75, 3.05) is 36.4 Å². The third-order valence-electron chi connectivity index (χ3n) is 6.29. The fraction of sp³-hybridized carbons (Fsp3) is 0.360. The van der Waals surface area contributed by atoms with Gasteiger partial charge in [0, 0.05) is 44.0 Å². The molecule has 0 spiro atoms. The Bertz CT molecular complexity index is 1170. The van der Waals surface area contributed by atoms with Crippen LogP contribution in [0, 0.1) is 19.8 Å². The minimum atomic E-state index is -0.0673. The Morgan fingerprint density at radius 2 is 1.79 bits per heavy atom. The number of carbonyl (C=O) groups is 2. The number of anilines is 2. The number of benzene rings is 1. The average Bonchev–Trinajstić information content (AvgIpc) is 3.56. The zero-order valence-electron chi connectivity index (χ0n) is 19.0. The zero-order chi connectivity index (χ0) is 22.9. The van der Waals surface area contributed by atoms with Crippen LogP contribution in [0.5, 0.6) is 0 Å². The molecule has 1 saturated carbocycles. The topological polar surface area (TPSA) is 83.4 Å². The lowest BCUT2D eigenvalue weighted by Gasteiger charge is -2.36. The van der Waals surface area contributed by atoms with Crippen LogP contribution < -0.4 is 10.2 Å². The van der Waals surface area contributed by atoms with Gasteiger partial charge in [0.1, 0.15) is 17.8 Å². The molecular formula is C25H28N6O2. The number of hydrogen-bond donors (Lipinski definition) is 1. The van der Waals surface area contributed by atoms with E-state index in [1.165, 1.54) is 16.8 Å². The van der Waals surface area contributed by atoms with Crippen molar-refractivity contribution in [3.8, 4) is 5.82 Å². The second-order valence-corrected chi connectivity index (χ2v) is 8.90. The van der Waals surface area contributed by atoms with E-state index in [-0.39, 0.29) is 17.7 Å². The van der Waals surface area contributed by atoms with Crippen LogP contribution in [-0.2, 0) is 4.79 Å². The Morgan fingerprint density at radius 3 is 2.45 bits per heavy atom. The first kappa shape index (κ1) is 21.2. The monoisotopic (exact) mass is 444 g/mol. The molecule has 1 saturated heterocycles. The molecule has 3 aromatic rings. The largest absolute Gasteiger partial charge is 0.368 e. The molecule has 0 unspecified atom stereocenters. The molecule has 2 amide bonds. The van der Waals surface area contributed by atoms with E-state index < -0.39 is 0 Å². The summed E-state index contributed by atoms with van der Waals surface area (Å²) in [6.45, 7) is 7.15. The molecule has 2 aliphatic rings. The lowest BCUT2D eigenvalue weighted by molar-refractivity contribution is -0.117. The molecule has 170 valence electrons. The molecule has 0 atom stereocenters. The number of nitrogens with zero attached hydrogens (tertiary/aromatic N) is 5. The number of imidazole rings is 1. The predicted molar refractivity (Wildman–Crippen MR) is 127 cm³/mol. The highest BCUT2D eigenvalue weighted by molar-refractivity contribution is 5.94. The van der Waals surface area contributed by atoms with Crippen LogP contribution in [-0.4, -0.2) is 57.4 Å². The molecule has 1 aliphatic carbocycles. The Morgan fingerprint density at radius 1 is 1.00 bits per heavy atom. The van der Waals surface area contributed by atoms with E-state index >= 15 is 0 Å². The lowest BCUT2D eigenvalue weighted by atomic mass is 10.1. The minimum absolute atomic E-state index is 0.0534. The maximum Gasteiger partial charge on any atom is 0.274 e. The van der Waals surface area contributed by atoms with Crippen LogP contribution in [0.4, 0.5) is 11.4 Å². The van der Waals surface area contributed by atoms with Gasteiger partial charge in [0.25, 0.3) is 5.91 Å². The number of aryl methyl sites for hydroxylation is 2. The third kappa shape index (κ3) is 4.60. The summed E-state index contributed by atoms with van der Waals surface area (Å²) in [6, 6.07) is 10.1. The van der Waals surface area contributed by atoms with Gasteiger partial charge in [-0.3, -0.25) is 14.2 Å². The summed E-state index contributed by atoms with van der Waals surface area (Å²) in [5.74, 6) is 0.778. The first-order chi connectivity index (χ1) is 16.0. The van der Waals surface area contributed by atoms with Gasteiger partial charge in [-0.1, -0.05) is 17.7 Å². The van der Waals surface area contributed by atoms with Crippen LogP contribution in [0.15, 0.2) is 49.1 Å². The second kappa shape index (κ2) is 8.69. The molecule has 1 N–H and O–H groups in total. The van der Waals surface area contributed by atoms with Crippen molar-refractivity contribution in [2.45, 2.75) is 26.7 Å². The van der Waals surface area contributed by atoms with Crippen molar-refractivity contribution in [3.63, 3.8) is 0 Å². The van der Waals surface area contributed by atoms with Crippen LogP contribution in [0.1, 0.15) is 34.5 Å². The fourth-order valence-corrected chi connectivity index (χ4v) is 4.23. The maximum atomic E-state index is 13.0. The summed E-state index contributed by atoms with van der Waals surface area (Å²) in [7, 11) is 0. The minimum Gasteiger partial charge on any atom is -0.368 e. The summed E-state index contributed by atoms with van der Waals surface area (Å²) in [4.78, 5) is 37.8. The highest BCUT2D eigenvalue weighted by Gasteiger charge is 2.29. The lowest BCUT2D eigenvalue weighted by Crippen LogP contribution is -2.49. The Labute approximate surface area is 193 Å². The summed E-state index contributed by atoms with van der Waals surface area (Å²) in [5.41, 5.74) is 4.84. The van der Waals surface area contributed by atoms with Gasteiger partial charge in [-0.2, -0.15) is 0 Å². The number of rotatable bonds is 5. The highest BCUT2D eigenvalue weighted by Crippen LogP contribution is 2.30. The third-order valence-corrected chi connectivity index (χ3v) is 6.29. The van der Waals surface area contributed by atoms with Crippen molar-refractivity contribution in [2.24, 2.45) is 5.92 Å². The van der Waals surface area contributed by atoms with Crippen LogP contribution >= 0.6 is 0 Å². The number of nitrogens with one attached hydrogen (secondary N) is 1. The van der Waals surface area contributed by atoms with E-state index in [2.05, 4.69) is 52.2 Å². The van der Waals surface area contributed by atoms with Crippen molar-refractivity contribution >= 4 is 23.2 Å². The quantitative estimate of drug-likeness (QED) is 0.654. The molecule has 2 fully saturated rings. The summed E-state index contributed by atoms with van der Waals surface area (Å²) in [5, 5.41) is 2.88. The SMILES string of the molecule is Cc1ccc(N2CCN(C(=O)c3cn(-c4ccc(NC(=O)C5CC5)cn4)cn3)CC2)c(C)c1. The van der Waals surface area contributed by atoms with E-state index in [1.807, 2.05) is 11.0 Å². The molecule has 8 nitrogen and oxygen atoms in total. The number of aromatic nitrogens is 3. The maximum absolute atomic E-state index is 13.0. The van der Waals surface area contributed by atoms with Crippen molar-refractivity contribution in [3.05, 3.63) is 65.9 Å². The molecule has 1 aliphatic heterocycles. The molecule has 1 aromatic carbocycles. The Hall–Kier alpha value is -3.68. The molecule has 0 bridgehead atoms.